The molecule has 4 nitrogen and oxygen atoms in total. The van der Waals surface area contributed by atoms with E-state index in [2.05, 4.69) is 32.6 Å². The van der Waals surface area contributed by atoms with Crippen LogP contribution in [0.4, 0.5) is 5.69 Å². The van der Waals surface area contributed by atoms with Crippen LogP contribution in [-0.2, 0) is 14.3 Å². The first-order valence-electron chi connectivity index (χ1n) is 4.37. The number of carbonyl (C=O) groups excluding carboxylic acids is 2. The Morgan fingerprint density at radius 3 is 2.67 bits per heavy atom. The molecule has 0 aromatic heterocycles. The number of hydrogen-bond donors (Lipinski definition) is 1. The van der Waals surface area contributed by atoms with Crippen LogP contribution < -0.4 is 5.32 Å². The summed E-state index contributed by atoms with van der Waals surface area (Å²) in [6, 6.07) is 7.19. The molecule has 5 heteroatoms. The third kappa shape index (κ3) is 3.50. The van der Waals surface area contributed by atoms with Gasteiger partial charge in [0.05, 0.1) is 12.3 Å². The van der Waals surface area contributed by atoms with Crippen LogP contribution in [0.5, 0.6) is 0 Å². The van der Waals surface area contributed by atoms with Gasteiger partial charge < -0.3 is 10.1 Å². The molecule has 0 saturated carbocycles. The van der Waals surface area contributed by atoms with Crippen LogP contribution >= 0.6 is 22.6 Å². The normalized spacial score (nSPS) is 9.47. The summed E-state index contributed by atoms with van der Waals surface area (Å²) < 4.78 is 5.43. The Labute approximate surface area is 101 Å². The quantitative estimate of drug-likeness (QED) is 0.514. The molecule has 0 aliphatic carbocycles. The van der Waals surface area contributed by atoms with Gasteiger partial charge in [0.2, 0.25) is 0 Å². The maximum Gasteiger partial charge on any atom is 0.397 e. The minimum Gasteiger partial charge on any atom is -0.459 e. The van der Waals surface area contributed by atoms with Crippen LogP contribution in [0.25, 0.3) is 0 Å². The van der Waals surface area contributed by atoms with E-state index in [0.717, 1.165) is 3.57 Å². The molecule has 0 radical (unpaired) electrons. The fourth-order valence-corrected chi connectivity index (χ4v) is 1.45. The number of rotatable bonds is 2. The minimum absolute atomic E-state index is 0.193. The highest BCUT2D eigenvalue weighted by molar-refractivity contribution is 14.1. The van der Waals surface area contributed by atoms with Gasteiger partial charge in [-0.2, -0.15) is 0 Å². The number of ether oxygens (including phenoxy) is 1. The van der Waals surface area contributed by atoms with Gasteiger partial charge in [0.1, 0.15) is 0 Å². The molecule has 1 N–H and O–H groups in total. The largest absolute Gasteiger partial charge is 0.459 e. The number of carbonyl (C=O) groups is 2. The standard InChI is InChI=1S/C10H10INO3/c1-2-15-10(14)9(13)12-8-6-4-3-5-7(8)11/h3-6H,2H2,1H3,(H,12,13). The second-order valence-electron chi connectivity index (χ2n) is 2.65. The van der Waals surface area contributed by atoms with E-state index in [1.807, 2.05) is 12.1 Å². The zero-order chi connectivity index (χ0) is 11.3. The van der Waals surface area contributed by atoms with Crippen molar-refractivity contribution in [3.8, 4) is 0 Å². The van der Waals surface area contributed by atoms with Crippen molar-refractivity contribution in [1.82, 2.24) is 0 Å². The Kier molecular flexibility index (Phi) is 4.54. The van der Waals surface area contributed by atoms with E-state index in [1.165, 1.54) is 0 Å². The van der Waals surface area contributed by atoms with Gasteiger partial charge in [0.25, 0.3) is 0 Å². The first kappa shape index (κ1) is 12.0. The Balaban J connectivity index is 2.67. The van der Waals surface area contributed by atoms with E-state index in [0.29, 0.717) is 5.69 Å². The smallest absolute Gasteiger partial charge is 0.397 e. The molecule has 0 atom stereocenters. The molecule has 0 spiro atoms. The highest BCUT2D eigenvalue weighted by Gasteiger charge is 2.15. The third-order valence-electron chi connectivity index (χ3n) is 1.58. The van der Waals surface area contributed by atoms with E-state index in [-0.39, 0.29) is 6.61 Å². The van der Waals surface area contributed by atoms with Crippen molar-refractivity contribution in [2.45, 2.75) is 6.92 Å². The van der Waals surface area contributed by atoms with Crippen molar-refractivity contribution >= 4 is 40.2 Å². The highest BCUT2D eigenvalue weighted by Crippen LogP contribution is 2.16. The Hall–Kier alpha value is -1.11. The zero-order valence-electron chi connectivity index (χ0n) is 8.12. The molecule has 80 valence electrons. The van der Waals surface area contributed by atoms with Crippen LogP contribution in [0.1, 0.15) is 6.92 Å². The van der Waals surface area contributed by atoms with Gasteiger partial charge in [0, 0.05) is 3.57 Å². The van der Waals surface area contributed by atoms with Gasteiger partial charge in [-0.1, -0.05) is 12.1 Å². The number of halogens is 1. The first-order chi connectivity index (χ1) is 7.15. The molecule has 0 heterocycles. The number of nitrogens with one attached hydrogen (secondary N) is 1. The van der Waals surface area contributed by atoms with E-state index in [9.17, 15) is 9.59 Å². The number of amides is 1. The summed E-state index contributed by atoms with van der Waals surface area (Å²) in [6.07, 6.45) is 0. The van der Waals surface area contributed by atoms with Crippen molar-refractivity contribution in [3.63, 3.8) is 0 Å². The molecule has 1 rings (SSSR count). The lowest BCUT2D eigenvalue weighted by atomic mass is 10.3. The second-order valence-corrected chi connectivity index (χ2v) is 3.82. The van der Waals surface area contributed by atoms with Crippen molar-refractivity contribution in [1.29, 1.82) is 0 Å². The number of hydrogen-bond acceptors (Lipinski definition) is 3. The van der Waals surface area contributed by atoms with Crippen LogP contribution in [0.2, 0.25) is 0 Å². The van der Waals surface area contributed by atoms with Crippen molar-refractivity contribution in [3.05, 3.63) is 27.8 Å². The number of anilines is 1. The van der Waals surface area contributed by atoms with Gasteiger partial charge in [0.15, 0.2) is 0 Å². The summed E-state index contributed by atoms with van der Waals surface area (Å²) in [7, 11) is 0. The lowest BCUT2D eigenvalue weighted by Gasteiger charge is -2.05. The molecule has 0 fully saturated rings. The average Bonchev–Trinajstić information content (AvgIpc) is 2.21. The lowest BCUT2D eigenvalue weighted by Crippen LogP contribution is -2.25. The van der Waals surface area contributed by atoms with Crippen LogP contribution in [-0.4, -0.2) is 18.5 Å². The summed E-state index contributed by atoms with van der Waals surface area (Å²) >= 11 is 2.07. The molecule has 0 saturated heterocycles. The Bertz CT molecular complexity index is 379. The molecule has 1 amide bonds. The van der Waals surface area contributed by atoms with Gasteiger partial charge in [-0.15, -0.1) is 0 Å². The van der Waals surface area contributed by atoms with Gasteiger partial charge >= 0.3 is 11.9 Å². The van der Waals surface area contributed by atoms with E-state index in [1.54, 1.807) is 19.1 Å². The molecule has 15 heavy (non-hydrogen) atoms. The summed E-state index contributed by atoms with van der Waals surface area (Å²) in [5.74, 6) is -1.61. The summed E-state index contributed by atoms with van der Waals surface area (Å²) in [5.41, 5.74) is 0.608. The van der Waals surface area contributed by atoms with Crippen molar-refractivity contribution < 1.29 is 14.3 Å². The van der Waals surface area contributed by atoms with Gasteiger partial charge in [-0.25, -0.2) is 4.79 Å². The molecule has 0 aliphatic rings. The Morgan fingerprint density at radius 1 is 1.40 bits per heavy atom. The topological polar surface area (TPSA) is 55.4 Å². The predicted octanol–water partition coefficient (Wildman–Crippen LogP) is 1.79. The van der Waals surface area contributed by atoms with Crippen LogP contribution in [0, 0.1) is 3.57 Å². The SMILES string of the molecule is CCOC(=O)C(=O)Nc1ccccc1I. The number of esters is 1. The fraction of sp³-hybridized carbons (Fsp3) is 0.200. The Morgan fingerprint density at radius 2 is 2.07 bits per heavy atom. The molecule has 0 unspecified atom stereocenters. The van der Waals surface area contributed by atoms with Gasteiger partial charge in [-0.05, 0) is 41.6 Å². The average molecular weight is 319 g/mol. The van der Waals surface area contributed by atoms with Gasteiger partial charge in [-0.3, -0.25) is 4.79 Å². The molecule has 0 aliphatic heterocycles. The second kappa shape index (κ2) is 5.69. The van der Waals surface area contributed by atoms with Crippen molar-refractivity contribution in [2.75, 3.05) is 11.9 Å². The zero-order valence-corrected chi connectivity index (χ0v) is 10.3. The van der Waals surface area contributed by atoms with E-state index in [4.69, 9.17) is 0 Å². The number of para-hydroxylation sites is 1. The van der Waals surface area contributed by atoms with Crippen molar-refractivity contribution in [2.24, 2.45) is 0 Å². The first-order valence-corrected chi connectivity index (χ1v) is 5.45. The van der Waals surface area contributed by atoms with E-state index >= 15 is 0 Å². The maximum absolute atomic E-state index is 11.3. The molecular formula is C10H10INO3. The monoisotopic (exact) mass is 319 g/mol. The predicted molar refractivity (Wildman–Crippen MR) is 64.4 cm³/mol. The fourth-order valence-electron chi connectivity index (χ4n) is 0.933. The lowest BCUT2D eigenvalue weighted by molar-refractivity contribution is -0.152. The maximum atomic E-state index is 11.3. The third-order valence-corrected chi connectivity index (χ3v) is 2.52. The minimum atomic E-state index is -0.864. The van der Waals surface area contributed by atoms with E-state index < -0.39 is 11.9 Å². The number of benzene rings is 1. The summed E-state index contributed by atoms with van der Waals surface area (Å²) in [4.78, 5) is 22.3. The molecular weight excluding hydrogens is 309 g/mol. The highest BCUT2D eigenvalue weighted by atomic mass is 127. The molecule has 1 aromatic rings. The molecule has 1 aromatic carbocycles. The summed E-state index contributed by atoms with van der Waals surface area (Å²) in [5, 5.41) is 2.47. The van der Waals surface area contributed by atoms with Crippen LogP contribution in [0.3, 0.4) is 0 Å². The van der Waals surface area contributed by atoms with Crippen LogP contribution in [0.15, 0.2) is 24.3 Å². The summed E-state index contributed by atoms with van der Waals surface area (Å²) in [6.45, 7) is 1.84. The molecule has 0 bridgehead atoms.